The molecule has 4 rings (SSSR count). The number of nitrogens with one attached hydrogen (secondary N) is 1. The highest BCUT2D eigenvalue weighted by Crippen LogP contribution is 2.33. The maximum absolute atomic E-state index is 12.8. The van der Waals surface area contributed by atoms with Crippen LogP contribution in [-0.2, 0) is 14.3 Å². The first-order chi connectivity index (χ1) is 17.9. The van der Waals surface area contributed by atoms with E-state index in [-0.39, 0.29) is 11.8 Å². The van der Waals surface area contributed by atoms with E-state index < -0.39 is 5.97 Å². The van der Waals surface area contributed by atoms with Gasteiger partial charge in [-0.3, -0.25) is 14.5 Å². The fourth-order valence-corrected chi connectivity index (χ4v) is 5.71. The third-order valence-electron chi connectivity index (χ3n) is 5.61. The van der Waals surface area contributed by atoms with E-state index in [1.807, 2.05) is 35.7 Å². The second kappa shape index (κ2) is 12.8. The lowest BCUT2D eigenvalue weighted by Gasteiger charge is -2.14. The molecular weight excluding hydrogens is 527 g/mol. The Morgan fingerprint density at radius 3 is 2.57 bits per heavy atom. The maximum Gasteiger partial charge on any atom is 0.337 e. The van der Waals surface area contributed by atoms with Crippen molar-refractivity contribution in [3.63, 3.8) is 0 Å². The van der Waals surface area contributed by atoms with Crippen molar-refractivity contribution in [3.8, 4) is 11.3 Å². The molecule has 7 nitrogen and oxygen atoms in total. The van der Waals surface area contributed by atoms with Crippen molar-refractivity contribution < 1.29 is 19.1 Å². The van der Waals surface area contributed by atoms with Crippen LogP contribution in [0.2, 0.25) is 0 Å². The molecule has 1 N–H and O–H groups in total. The summed E-state index contributed by atoms with van der Waals surface area (Å²) >= 11 is 8.08. The molecule has 37 heavy (non-hydrogen) atoms. The fraction of sp³-hybridized carbons (Fsp3) is 0.222. The molecular formula is C27H25N3O4S3. The van der Waals surface area contributed by atoms with Crippen LogP contribution < -0.4 is 5.32 Å². The first-order valence-corrected chi connectivity index (χ1v) is 13.8. The number of aromatic nitrogens is 1. The number of thiazole rings is 1. The lowest BCUT2D eigenvalue weighted by atomic mass is 10.1. The molecule has 2 heterocycles. The average Bonchev–Trinajstić information content (AvgIpc) is 3.48. The molecule has 10 heteroatoms. The minimum absolute atomic E-state index is 0.0688. The summed E-state index contributed by atoms with van der Waals surface area (Å²) < 4.78 is 5.23. The minimum atomic E-state index is -0.407. The van der Waals surface area contributed by atoms with E-state index in [9.17, 15) is 14.4 Å². The van der Waals surface area contributed by atoms with Gasteiger partial charge in [-0.25, -0.2) is 9.78 Å². The van der Waals surface area contributed by atoms with Crippen molar-refractivity contribution in [3.05, 3.63) is 76.0 Å². The van der Waals surface area contributed by atoms with Crippen LogP contribution in [0.3, 0.4) is 0 Å². The largest absolute Gasteiger partial charge is 0.465 e. The second-order valence-corrected chi connectivity index (χ2v) is 10.7. The van der Waals surface area contributed by atoms with E-state index in [1.54, 1.807) is 35.2 Å². The number of thioether (sulfide) groups is 1. The van der Waals surface area contributed by atoms with Gasteiger partial charge in [-0.1, -0.05) is 72.9 Å². The average molecular weight is 552 g/mol. The number of benzene rings is 2. The normalized spacial score (nSPS) is 14.3. The molecule has 0 bridgehead atoms. The summed E-state index contributed by atoms with van der Waals surface area (Å²) in [5.41, 5.74) is 3.11. The summed E-state index contributed by atoms with van der Waals surface area (Å²) in [5, 5.41) is 5.39. The van der Waals surface area contributed by atoms with Gasteiger partial charge in [0.2, 0.25) is 5.91 Å². The van der Waals surface area contributed by atoms with Crippen LogP contribution in [0.1, 0.15) is 41.6 Å². The number of anilines is 1. The summed E-state index contributed by atoms with van der Waals surface area (Å²) in [4.78, 5) is 43.4. The number of ether oxygens (including phenoxy) is 1. The predicted molar refractivity (Wildman–Crippen MR) is 152 cm³/mol. The molecule has 1 saturated heterocycles. The van der Waals surface area contributed by atoms with E-state index >= 15 is 0 Å². The zero-order valence-electron chi connectivity index (χ0n) is 20.1. The van der Waals surface area contributed by atoms with Gasteiger partial charge in [-0.2, -0.15) is 0 Å². The van der Waals surface area contributed by atoms with Gasteiger partial charge in [0, 0.05) is 23.9 Å². The van der Waals surface area contributed by atoms with E-state index in [0.29, 0.717) is 39.3 Å². The minimum Gasteiger partial charge on any atom is -0.465 e. The molecule has 2 amide bonds. The van der Waals surface area contributed by atoms with Gasteiger partial charge < -0.3 is 10.1 Å². The molecule has 0 spiro atoms. The molecule has 1 aliphatic heterocycles. The van der Waals surface area contributed by atoms with Crippen LogP contribution >= 0.6 is 35.3 Å². The molecule has 0 unspecified atom stereocenters. The predicted octanol–water partition coefficient (Wildman–Crippen LogP) is 6.00. The molecule has 0 radical (unpaired) electrons. The molecule has 1 fully saturated rings. The van der Waals surface area contributed by atoms with Crippen molar-refractivity contribution in [1.82, 2.24) is 9.88 Å². The zero-order valence-corrected chi connectivity index (χ0v) is 22.6. The molecule has 1 aromatic heterocycles. The monoisotopic (exact) mass is 551 g/mol. The SMILES string of the molecule is COC(=O)c1ccc(/C=C2\SC(=S)N(CCCCCC(=O)Nc3nc(-c4ccccc4)cs3)C2=O)cc1. The lowest BCUT2D eigenvalue weighted by Crippen LogP contribution is -2.29. The number of carbonyl (C=O) groups is 3. The first kappa shape index (κ1) is 26.7. The van der Waals surface area contributed by atoms with Gasteiger partial charge in [0.1, 0.15) is 4.32 Å². The highest BCUT2D eigenvalue weighted by atomic mass is 32.2. The van der Waals surface area contributed by atoms with Crippen molar-refractivity contribution >= 4 is 68.6 Å². The summed E-state index contributed by atoms with van der Waals surface area (Å²) in [7, 11) is 1.33. The van der Waals surface area contributed by atoms with Crippen LogP contribution in [-0.4, -0.2) is 45.6 Å². The highest BCUT2D eigenvalue weighted by molar-refractivity contribution is 8.26. The molecule has 2 aromatic carbocycles. The van der Waals surface area contributed by atoms with Crippen LogP contribution in [0.4, 0.5) is 5.13 Å². The van der Waals surface area contributed by atoms with Crippen LogP contribution in [0.5, 0.6) is 0 Å². The van der Waals surface area contributed by atoms with Crippen molar-refractivity contribution in [1.29, 1.82) is 0 Å². The van der Waals surface area contributed by atoms with Gasteiger partial charge in [-0.05, 0) is 36.6 Å². The van der Waals surface area contributed by atoms with Gasteiger partial charge in [0.25, 0.3) is 5.91 Å². The number of hydrogen-bond donors (Lipinski definition) is 1. The van der Waals surface area contributed by atoms with Crippen molar-refractivity contribution in [2.75, 3.05) is 19.0 Å². The summed E-state index contributed by atoms with van der Waals surface area (Å²) in [6.07, 6.45) is 4.41. The fourth-order valence-electron chi connectivity index (χ4n) is 3.66. The number of methoxy groups -OCH3 is 1. The Bertz CT molecular complexity index is 1320. The highest BCUT2D eigenvalue weighted by Gasteiger charge is 2.31. The Morgan fingerprint density at radius 2 is 1.84 bits per heavy atom. The van der Waals surface area contributed by atoms with Gasteiger partial charge in [0.15, 0.2) is 5.13 Å². The summed E-state index contributed by atoms with van der Waals surface area (Å²) in [6, 6.07) is 16.7. The van der Waals surface area contributed by atoms with Crippen LogP contribution in [0.25, 0.3) is 17.3 Å². The van der Waals surface area contributed by atoms with Gasteiger partial charge in [-0.15, -0.1) is 11.3 Å². The second-order valence-electron chi connectivity index (χ2n) is 8.21. The molecule has 190 valence electrons. The number of amides is 2. The zero-order chi connectivity index (χ0) is 26.2. The number of esters is 1. The number of unbranched alkanes of at least 4 members (excludes halogenated alkanes) is 2. The third kappa shape index (κ3) is 7.12. The van der Waals surface area contributed by atoms with Crippen molar-refractivity contribution in [2.24, 2.45) is 0 Å². The number of nitrogens with zero attached hydrogens (tertiary/aromatic N) is 2. The third-order valence-corrected chi connectivity index (χ3v) is 7.74. The van der Waals surface area contributed by atoms with E-state index in [0.717, 1.165) is 29.7 Å². The lowest BCUT2D eigenvalue weighted by molar-refractivity contribution is -0.122. The maximum atomic E-state index is 12.8. The number of hydrogen-bond acceptors (Lipinski definition) is 8. The van der Waals surface area contributed by atoms with Crippen LogP contribution in [0.15, 0.2) is 64.9 Å². The topological polar surface area (TPSA) is 88.6 Å². The van der Waals surface area contributed by atoms with Gasteiger partial charge >= 0.3 is 5.97 Å². The molecule has 1 aliphatic rings. The number of carbonyl (C=O) groups excluding carboxylic acids is 3. The number of rotatable bonds is 10. The smallest absolute Gasteiger partial charge is 0.337 e. The molecule has 0 saturated carbocycles. The first-order valence-electron chi connectivity index (χ1n) is 11.7. The molecule has 0 atom stereocenters. The van der Waals surface area contributed by atoms with Crippen LogP contribution in [0, 0.1) is 0 Å². The Morgan fingerprint density at radius 1 is 1.08 bits per heavy atom. The standard InChI is InChI=1S/C27H25N3O4S3/c1-34-25(33)20-13-11-18(12-14-20)16-22-24(32)30(27(35)37-22)15-7-3-6-10-23(31)29-26-28-21(17-36-26)19-8-4-2-5-9-19/h2,4-5,8-9,11-14,16-17H,3,6-7,10,15H2,1H3,(H,28,29,31)/b22-16-. The molecule has 3 aromatic rings. The van der Waals surface area contributed by atoms with E-state index in [4.69, 9.17) is 17.0 Å². The summed E-state index contributed by atoms with van der Waals surface area (Å²) in [5.74, 6) is -0.598. The Labute approximate surface area is 228 Å². The van der Waals surface area contributed by atoms with E-state index in [1.165, 1.54) is 30.2 Å². The Balaban J connectivity index is 1.19. The summed E-state index contributed by atoms with van der Waals surface area (Å²) in [6.45, 7) is 0.512. The molecule has 0 aliphatic carbocycles. The number of thiocarbonyl (C=S) groups is 1. The van der Waals surface area contributed by atoms with E-state index in [2.05, 4.69) is 10.3 Å². The van der Waals surface area contributed by atoms with Crippen molar-refractivity contribution in [2.45, 2.75) is 25.7 Å². The Kier molecular flexibility index (Phi) is 9.21. The Hall–Kier alpha value is -3.34. The quantitative estimate of drug-likeness (QED) is 0.143. The van der Waals surface area contributed by atoms with Gasteiger partial charge in [0.05, 0.1) is 23.3 Å².